The normalized spacial score (nSPS) is 19.2. The van der Waals surface area contributed by atoms with Gasteiger partial charge in [0.2, 0.25) is 0 Å². The molecular weight excluding hydrogens is 276 g/mol. The van der Waals surface area contributed by atoms with Crippen LogP contribution in [0.3, 0.4) is 0 Å². The van der Waals surface area contributed by atoms with E-state index in [2.05, 4.69) is 59.6 Å². The summed E-state index contributed by atoms with van der Waals surface area (Å²) in [6.45, 7) is 6.70. The number of thiophene rings is 1. The molecule has 3 heteroatoms. The summed E-state index contributed by atoms with van der Waals surface area (Å²) >= 11 is 1.94. The van der Waals surface area contributed by atoms with Crippen molar-refractivity contribution in [2.75, 3.05) is 13.1 Å². The first-order chi connectivity index (χ1) is 10.3. The molecule has 112 valence electrons. The van der Waals surface area contributed by atoms with Crippen LogP contribution in [0.2, 0.25) is 0 Å². The fraction of sp³-hybridized carbons (Fsp3) is 0.444. The summed E-state index contributed by atoms with van der Waals surface area (Å²) in [4.78, 5) is 5.51. The molecule has 1 fully saturated rings. The summed E-state index contributed by atoms with van der Waals surface area (Å²) in [5.41, 5.74) is 1.42. The van der Waals surface area contributed by atoms with Gasteiger partial charge in [-0.2, -0.15) is 0 Å². The first kappa shape index (κ1) is 14.8. The SMILES string of the molecule is CCc1ccc(CNC2CCN(Cc3ccccc3)C2)s1. The zero-order valence-corrected chi connectivity index (χ0v) is 13.5. The predicted molar refractivity (Wildman–Crippen MR) is 90.7 cm³/mol. The van der Waals surface area contributed by atoms with Gasteiger partial charge in [0, 0.05) is 42.0 Å². The van der Waals surface area contributed by atoms with Crippen molar-refractivity contribution in [2.24, 2.45) is 0 Å². The zero-order chi connectivity index (χ0) is 14.5. The van der Waals surface area contributed by atoms with Crippen LogP contribution >= 0.6 is 11.3 Å². The molecule has 2 heterocycles. The van der Waals surface area contributed by atoms with Crippen LogP contribution in [-0.4, -0.2) is 24.0 Å². The molecule has 0 aliphatic carbocycles. The van der Waals surface area contributed by atoms with Crippen molar-refractivity contribution >= 4 is 11.3 Å². The Hall–Kier alpha value is -1.16. The van der Waals surface area contributed by atoms with Gasteiger partial charge in [0.25, 0.3) is 0 Å². The van der Waals surface area contributed by atoms with Crippen LogP contribution in [0.4, 0.5) is 0 Å². The number of likely N-dealkylation sites (tertiary alicyclic amines) is 1. The fourth-order valence-corrected chi connectivity index (χ4v) is 3.85. The lowest BCUT2D eigenvalue weighted by atomic mass is 10.2. The lowest BCUT2D eigenvalue weighted by molar-refractivity contribution is 0.320. The highest BCUT2D eigenvalue weighted by molar-refractivity contribution is 7.11. The summed E-state index contributed by atoms with van der Waals surface area (Å²) in [7, 11) is 0. The third kappa shape index (κ3) is 4.16. The van der Waals surface area contributed by atoms with Crippen molar-refractivity contribution in [1.29, 1.82) is 0 Å². The number of hydrogen-bond acceptors (Lipinski definition) is 3. The minimum Gasteiger partial charge on any atom is -0.308 e. The Morgan fingerprint density at radius 2 is 1.95 bits per heavy atom. The number of hydrogen-bond donors (Lipinski definition) is 1. The molecule has 1 aromatic carbocycles. The second-order valence-electron chi connectivity index (χ2n) is 5.81. The summed E-state index contributed by atoms with van der Waals surface area (Å²) in [5.74, 6) is 0. The Balaban J connectivity index is 1.44. The van der Waals surface area contributed by atoms with E-state index in [0.717, 1.165) is 19.5 Å². The van der Waals surface area contributed by atoms with Crippen LogP contribution < -0.4 is 5.32 Å². The second-order valence-corrected chi connectivity index (χ2v) is 7.06. The maximum absolute atomic E-state index is 3.72. The van der Waals surface area contributed by atoms with Gasteiger partial charge < -0.3 is 5.32 Å². The van der Waals surface area contributed by atoms with Crippen molar-refractivity contribution in [3.8, 4) is 0 Å². The molecule has 0 saturated carbocycles. The number of rotatable bonds is 6. The third-order valence-electron chi connectivity index (χ3n) is 4.15. The Morgan fingerprint density at radius 1 is 1.14 bits per heavy atom. The quantitative estimate of drug-likeness (QED) is 0.875. The van der Waals surface area contributed by atoms with Gasteiger partial charge in [-0.1, -0.05) is 37.3 Å². The van der Waals surface area contributed by atoms with E-state index in [4.69, 9.17) is 0 Å². The lowest BCUT2D eigenvalue weighted by Gasteiger charge is -2.16. The van der Waals surface area contributed by atoms with Crippen molar-refractivity contribution in [2.45, 2.75) is 38.9 Å². The number of benzene rings is 1. The highest BCUT2D eigenvalue weighted by Gasteiger charge is 2.21. The third-order valence-corrected chi connectivity index (χ3v) is 5.38. The van der Waals surface area contributed by atoms with Crippen molar-refractivity contribution < 1.29 is 0 Å². The van der Waals surface area contributed by atoms with E-state index in [-0.39, 0.29) is 0 Å². The monoisotopic (exact) mass is 300 g/mol. The zero-order valence-electron chi connectivity index (χ0n) is 12.7. The van der Waals surface area contributed by atoms with Crippen LogP contribution in [0.5, 0.6) is 0 Å². The van der Waals surface area contributed by atoms with Crippen LogP contribution in [0, 0.1) is 0 Å². The number of aryl methyl sites for hydroxylation is 1. The molecule has 2 aromatic rings. The molecule has 0 radical (unpaired) electrons. The van der Waals surface area contributed by atoms with E-state index < -0.39 is 0 Å². The van der Waals surface area contributed by atoms with E-state index in [9.17, 15) is 0 Å². The van der Waals surface area contributed by atoms with Crippen molar-refractivity contribution in [3.05, 3.63) is 57.8 Å². The molecule has 1 aliphatic heterocycles. The highest BCUT2D eigenvalue weighted by Crippen LogP contribution is 2.18. The lowest BCUT2D eigenvalue weighted by Crippen LogP contribution is -2.31. The molecule has 1 unspecified atom stereocenters. The average Bonchev–Trinajstić information content (AvgIpc) is 3.15. The summed E-state index contributed by atoms with van der Waals surface area (Å²) in [5, 5.41) is 3.72. The Morgan fingerprint density at radius 3 is 2.71 bits per heavy atom. The first-order valence-electron chi connectivity index (χ1n) is 7.90. The highest BCUT2D eigenvalue weighted by atomic mass is 32.1. The van der Waals surface area contributed by atoms with Crippen LogP contribution in [0.1, 0.15) is 28.7 Å². The topological polar surface area (TPSA) is 15.3 Å². The van der Waals surface area contributed by atoms with Gasteiger partial charge in [0.05, 0.1) is 0 Å². The van der Waals surface area contributed by atoms with Crippen LogP contribution in [0.25, 0.3) is 0 Å². The standard InChI is InChI=1S/C18H24N2S/c1-2-17-8-9-18(21-17)12-19-16-10-11-20(14-16)13-15-6-4-3-5-7-15/h3-9,16,19H,2,10-14H2,1H3. The molecule has 1 aromatic heterocycles. The molecule has 1 aliphatic rings. The molecule has 1 atom stereocenters. The summed E-state index contributed by atoms with van der Waals surface area (Å²) in [6, 6.07) is 16.0. The molecule has 0 spiro atoms. The Kier molecular flexibility index (Phi) is 5.07. The second kappa shape index (κ2) is 7.21. The van der Waals surface area contributed by atoms with Gasteiger partial charge in [-0.05, 0) is 30.5 Å². The van der Waals surface area contributed by atoms with Crippen LogP contribution in [0.15, 0.2) is 42.5 Å². The van der Waals surface area contributed by atoms with Crippen molar-refractivity contribution in [3.63, 3.8) is 0 Å². The van der Waals surface area contributed by atoms with Gasteiger partial charge >= 0.3 is 0 Å². The first-order valence-corrected chi connectivity index (χ1v) is 8.72. The molecule has 0 bridgehead atoms. The van der Waals surface area contributed by atoms with Crippen LogP contribution in [-0.2, 0) is 19.5 Å². The van der Waals surface area contributed by atoms with E-state index in [1.807, 2.05) is 11.3 Å². The summed E-state index contributed by atoms with van der Waals surface area (Å²) < 4.78 is 0. The smallest absolute Gasteiger partial charge is 0.0302 e. The maximum atomic E-state index is 3.72. The molecule has 2 nitrogen and oxygen atoms in total. The fourth-order valence-electron chi connectivity index (χ4n) is 2.94. The minimum atomic E-state index is 0.640. The molecule has 3 rings (SSSR count). The van der Waals surface area contributed by atoms with E-state index >= 15 is 0 Å². The average molecular weight is 300 g/mol. The van der Waals surface area contributed by atoms with Gasteiger partial charge in [0.15, 0.2) is 0 Å². The molecule has 21 heavy (non-hydrogen) atoms. The predicted octanol–water partition coefficient (Wildman–Crippen LogP) is 3.67. The van der Waals surface area contributed by atoms with Gasteiger partial charge in [-0.15, -0.1) is 11.3 Å². The summed E-state index contributed by atoms with van der Waals surface area (Å²) in [6.07, 6.45) is 2.41. The van der Waals surface area contributed by atoms with Crippen molar-refractivity contribution in [1.82, 2.24) is 10.2 Å². The van der Waals surface area contributed by atoms with Gasteiger partial charge in [-0.25, -0.2) is 0 Å². The maximum Gasteiger partial charge on any atom is 0.0302 e. The largest absolute Gasteiger partial charge is 0.308 e. The Bertz CT molecular complexity index is 549. The number of nitrogens with zero attached hydrogens (tertiary/aromatic N) is 1. The Labute approximate surface area is 131 Å². The van der Waals surface area contributed by atoms with E-state index in [1.165, 1.54) is 34.8 Å². The molecular formula is C18H24N2S. The molecule has 1 saturated heterocycles. The number of nitrogens with one attached hydrogen (secondary N) is 1. The van der Waals surface area contributed by atoms with Gasteiger partial charge in [0.1, 0.15) is 0 Å². The van der Waals surface area contributed by atoms with E-state index in [1.54, 1.807) is 0 Å². The van der Waals surface area contributed by atoms with Gasteiger partial charge in [-0.3, -0.25) is 4.90 Å². The minimum absolute atomic E-state index is 0.640. The molecule has 1 N–H and O–H groups in total. The van der Waals surface area contributed by atoms with E-state index in [0.29, 0.717) is 6.04 Å². The molecule has 0 amide bonds.